The summed E-state index contributed by atoms with van der Waals surface area (Å²) in [6, 6.07) is 10.2. The molecule has 0 aliphatic heterocycles. The highest BCUT2D eigenvalue weighted by Crippen LogP contribution is 2.17. The second kappa shape index (κ2) is 7.53. The monoisotopic (exact) mass is 470 g/mol. The van der Waals surface area contributed by atoms with E-state index in [9.17, 15) is 14.0 Å². The van der Waals surface area contributed by atoms with Gasteiger partial charge in [-0.05, 0) is 58.8 Å². The number of benzene rings is 2. The molecule has 0 saturated heterocycles. The number of amides is 1. The van der Waals surface area contributed by atoms with Gasteiger partial charge in [-0.25, -0.2) is 4.39 Å². The Hall–Kier alpha value is -1.93. The highest BCUT2D eigenvalue weighted by molar-refractivity contribution is 14.1. The number of aromatic nitrogens is 1. The summed E-state index contributed by atoms with van der Waals surface area (Å²) in [5.74, 6) is -1.01. The maximum atomic E-state index is 13.9. The van der Waals surface area contributed by atoms with Crippen LogP contribution in [0.3, 0.4) is 0 Å². The van der Waals surface area contributed by atoms with Crippen molar-refractivity contribution >= 4 is 51.0 Å². The number of hydrogen-bond acceptors (Lipinski definition) is 2. The number of fused-ring (bicyclic) bond motifs is 1. The fourth-order valence-electron chi connectivity index (χ4n) is 2.49. The van der Waals surface area contributed by atoms with Crippen LogP contribution < -0.4 is 10.7 Å². The molecule has 2 N–H and O–H groups in total. The van der Waals surface area contributed by atoms with Crippen molar-refractivity contribution in [2.45, 2.75) is 6.42 Å². The van der Waals surface area contributed by atoms with Gasteiger partial charge < -0.3 is 10.3 Å². The van der Waals surface area contributed by atoms with Crippen molar-refractivity contribution in [3.8, 4) is 0 Å². The van der Waals surface area contributed by atoms with Gasteiger partial charge in [0.25, 0.3) is 5.91 Å². The molecule has 0 atom stereocenters. The van der Waals surface area contributed by atoms with Crippen molar-refractivity contribution in [2.75, 3.05) is 6.54 Å². The van der Waals surface area contributed by atoms with Crippen LogP contribution in [-0.4, -0.2) is 17.4 Å². The van der Waals surface area contributed by atoms with Crippen LogP contribution in [0.2, 0.25) is 5.02 Å². The third-order valence-electron chi connectivity index (χ3n) is 3.76. The first-order valence-electron chi connectivity index (χ1n) is 7.49. The maximum Gasteiger partial charge on any atom is 0.256 e. The molecule has 3 aromatic rings. The summed E-state index contributed by atoms with van der Waals surface area (Å²) in [6.07, 6.45) is 1.86. The molecule has 1 amide bonds. The summed E-state index contributed by atoms with van der Waals surface area (Å²) in [7, 11) is 0. The van der Waals surface area contributed by atoms with E-state index in [1.165, 1.54) is 12.3 Å². The second-order valence-electron chi connectivity index (χ2n) is 5.47. The minimum atomic E-state index is -0.520. The second-order valence-corrected chi connectivity index (χ2v) is 7.16. The standard InChI is InChI=1S/C18H13ClFIN2O2/c19-11-3-1-10(2-4-11)5-6-22-18(25)14-9-23-16-13(17(14)24)7-12(21)8-15(16)20/h1-4,7-9H,5-6H2,(H,22,25)(H,23,24). The van der Waals surface area contributed by atoms with Crippen LogP contribution in [0.5, 0.6) is 0 Å². The van der Waals surface area contributed by atoms with Crippen LogP contribution in [0, 0.1) is 9.39 Å². The van der Waals surface area contributed by atoms with Crippen molar-refractivity contribution in [1.82, 2.24) is 10.3 Å². The van der Waals surface area contributed by atoms with E-state index in [1.807, 2.05) is 34.7 Å². The molecule has 128 valence electrons. The fourth-order valence-corrected chi connectivity index (χ4v) is 3.20. The van der Waals surface area contributed by atoms with Gasteiger partial charge in [-0.15, -0.1) is 0 Å². The Kier molecular flexibility index (Phi) is 5.39. The third kappa shape index (κ3) is 4.01. The average molecular weight is 471 g/mol. The molecule has 0 bridgehead atoms. The Balaban J connectivity index is 1.77. The van der Waals surface area contributed by atoms with Gasteiger partial charge >= 0.3 is 0 Å². The number of carbonyl (C=O) groups excluding carboxylic acids is 1. The van der Waals surface area contributed by atoms with Crippen LogP contribution >= 0.6 is 34.2 Å². The van der Waals surface area contributed by atoms with Crippen molar-refractivity contribution in [1.29, 1.82) is 0 Å². The molecule has 0 spiro atoms. The average Bonchev–Trinajstić information content (AvgIpc) is 2.57. The van der Waals surface area contributed by atoms with Gasteiger partial charge in [0.2, 0.25) is 5.43 Å². The Morgan fingerprint density at radius 1 is 1.24 bits per heavy atom. The van der Waals surface area contributed by atoms with E-state index in [4.69, 9.17) is 11.6 Å². The van der Waals surface area contributed by atoms with Crippen LogP contribution in [0.4, 0.5) is 4.39 Å². The zero-order valence-electron chi connectivity index (χ0n) is 12.9. The van der Waals surface area contributed by atoms with Crippen molar-refractivity contribution in [3.63, 3.8) is 0 Å². The summed E-state index contributed by atoms with van der Waals surface area (Å²) >= 11 is 7.76. The lowest BCUT2D eigenvalue weighted by molar-refractivity contribution is 0.0953. The van der Waals surface area contributed by atoms with Gasteiger partial charge in [0, 0.05) is 21.3 Å². The number of aromatic amines is 1. The highest BCUT2D eigenvalue weighted by atomic mass is 127. The molecule has 0 fully saturated rings. The summed E-state index contributed by atoms with van der Waals surface area (Å²) < 4.78 is 14.5. The molecule has 0 aliphatic carbocycles. The van der Waals surface area contributed by atoms with Crippen molar-refractivity contribution in [3.05, 3.63) is 78.4 Å². The zero-order valence-corrected chi connectivity index (χ0v) is 15.8. The maximum absolute atomic E-state index is 13.9. The van der Waals surface area contributed by atoms with Gasteiger partial charge in [0.1, 0.15) is 11.4 Å². The normalized spacial score (nSPS) is 10.8. The lowest BCUT2D eigenvalue weighted by atomic mass is 10.1. The van der Waals surface area contributed by atoms with E-state index >= 15 is 0 Å². The van der Waals surface area contributed by atoms with E-state index in [1.54, 1.807) is 18.2 Å². The summed E-state index contributed by atoms with van der Waals surface area (Å²) in [5, 5.41) is 3.52. The SMILES string of the molecule is O=C(NCCc1ccc(Cl)cc1)c1c[nH]c2c(F)cc(I)cc2c1=O. The van der Waals surface area contributed by atoms with Crippen LogP contribution in [0.1, 0.15) is 15.9 Å². The molecule has 0 aliphatic rings. The highest BCUT2D eigenvalue weighted by Gasteiger charge is 2.15. The Bertz CT molecular complexity index is 1000. The number of pyridine rings is 1. The smallest absolute Gasteiger partial charge is 0.256 e. The van der Waals surface area contributed by atoms with Crippen LogP contribution in [-0.2, 0) is 6.42 Å². The van der Waals surface area contributed by atoms with Gasteiger partial charge in [0.05, 0.1) is 10.9 Å². The van der Waals surface area contributed by atoms with Crippen molar-refractivity contribution < 1.29 is 9.18 Å². The number of halogens is 3. The molecule has 0 saturated carbocycles. The molecule has 2 aromatic carbocycles. The minimum Gasteiger partial charge on any atom is -0.358 e. The Morgan fingerprint density at radius 3 is 2.68 bits per heavy atom. The first-order chi connectivity index (χ1) is 12.0. The molecule has 1 aromatic heterocycles. The van der Waals surface area contributed by atoms with Gasteiger partial charge in [-0.1, -0.05) is 23.7 Å². The molecular weight excluding hydrogens is 458 g/mol. The van der Waals surface area contributed by atoms with E-state index in [0.29, 0.717) is 21.6 Å². The zero-order chi connectivity index (χ0) is 18.0. The topological polar surface area (TPSA) is 62.0 Å². The number of rotatable bonds is 4. The minimum absolute atomic E-state index is 0.0370. The number of carbonyl (C=O) groups is 1. The van der Waals surface area contributed by atoms with E-state index in [0.717, 1.165) is 5.56 Å². The summed E-state index contributed by atoms with van der Waals surface area (Å²) in [6.45, 7) is 0.374. The Morgan fingerprint density at radius 2 is 1.96 bits per heavy atom. The lowest BCUT2D eigenvalue weighted by Crippen LogP contribution is -2.30. The molecular formula is C18H13ClFIN2O2. The van der Waals surface area contributed by atoms with Crippen LogP contribution in [0.25, 0.3) is 10.9 Å². The largest absolute Gasteiger partial charge is 0.358 e. The summed E-state index contributed by atoms with van der Waals surface area (Å²) in [4.78, 5) is 27.5. The van der Waals surface area contributed by atoms with E-state index in [-0.39, 0.29) is 16.5 Å². The number of nitrogens with one attached hydrogen (secondary N) is 2. The van der Waals surface area contributed by atoms with Gasteiger partial charge in [0.15, 0.2) is 0 Å². The van der Waals surface area contributed by atoms with E-state index < -0.39 is 17.2 Å². The molecule has 1 heterocycles. The van der Waals surface area contributed by atoms with Crippen LogP contribution in [0.15, 0.2) is 47.4 Å². The Labute approximate surface area is 161 Å². The molecule has 4 nitrogen and oxygen atoms in total. The van der Waals surface area contributed by atoms with E-state index in [2.05, 4.69) is 10.3 Å². The first-order valence-corrected chi connectivity index (χ1v) is 8.94. The first kappa shape index (κ1) is 17.9. The third-order valence-corrected chi connectivity index (χ3v) is 4.64. The molecule has 0 radical (unpaired) electrons. The molecule has 3 rings (SSSR count). The predicted octanol–water partition coefficient (Wildman–Crippen LogP) is 3.90. The van der Waals surface area contributed by atoms with Gasteiger partial charge in [-0.3, -0.25) is 9.59 Å². The lowest BCUT2D eigenvalue weighted by Gasteiger charge is -2.07. The number of hydrogen-bond donors (Lipinski definition) is 2. The quantitative estimate of drug-likeness (QED) is 0.568. The molecule has 0 unspecified atom stereocenters. The summed E-state index contributed by atoms with van der Waals surface area (Å²) in [5.41, 5.74) is 0.594. The fraction of sp³-hybridized carbons (Fsp3) is 0.111. The molecule has 7 heteroatoms. The van der Waals surface area contributed by atoms with Gasteiger partial charge in [-0.2, -0.15) is 0 Å². The number of H-pyrrole nitrogens is 1. The van der Waals surface area contributed by atoms with Crippen molar-refractivity contribution in [2.24, 2.45) is 0 Å². The molecule has 25 heavy (non-hydrogen) atoms. The predicted molar refractivity (Wildman–Crippen MR) is 105 cm³/mol.